The topological polar surface area (TPSA) is 12.9 Å². The van der Waals surface area contributed by atoms with Crippen molar-refractivity contribution in [3.63, 3.8) is 0 Å². The minimum atomic E-state index is 0.763. The quantitative estimate of drug-likeness (QED) is 0.625. The van der Waals surface area contributed by atoms with Gasteiger partial charge in [0.15, 0.2) is 0 Å². The van der Waals surface area contributed by atoms with E-state index in [1.54, 1.807) is 0 Å². The zero-order valence-corrected chi connectivity index (χ0v) is 12.4. The van der Waals surface area contributed by atoms with Gasteiger partial charge in [0.05, 0.1) is 5.69 Å². The van der Waals surface area contributed by atoms with Gasteiger partial charge < -0.3 is 0 Å². The SMILES string of the molecule is Clc1cccc(Cc2ncc(Br)c3ccccc23)c1. The van der Waals surface area contributed by atoms with Crippen molar-refractivity contribution in [1.29, 1.82) is 0 Å². The maximum Gasteiger partial charge on any atom is 0.0526 e. The van der Waals surface area contributed by atoms with Crippen LogP contribution in [0.2, 0.25) is 5.02 Å². The fourth-order valence-corrected chi connectivity index (χ4v) is 2.86. The molecule has 0 saturated heterocycles. The number of aromatic nitrogens is 1. The molecule has 0 atom stereocenters. The average molecular weight is 333 g/mol. The molecular weight excluding hydrogens is 322 g/mol. The lowest BCUT2D eigenvalue weighted by Crippen LogP contribution is -1.94. The summed E-state index contributed by atoms with van der Waals surface area (Å²) in [6.45, 7) is 0. The Morgan fingerprint density at radius 1 is 1.00 bits per heavy atom. The molecule has 0 aliphatic carbocycles. The molecule has 0 bridgehead atoms. The molecule has 1 heterocycles. The van der Waals surface area contributed by atoms with E-state index in [2.05, 4.69) is 39.1 Å². The van der Waals surface area contributed by atoms with Crippen LogP contribution in [0.5, 0.6) is 0 Å². The third kappa shape index (κ3) is 2.65. The molecule has 0 N–H and O–H groups in total. The highest BCUT2D eigenvalue weighted by Gasteiger charge is 2.06. The highest BCUT2D eigenvalue weighted by Crippen LogP contribution is 2.26. The predicted octanol–water partition coefficient (Wildman–Crippen LogP) is 5.24. The van der Waals surface area contributed by atoms with Crippen molar-refractivity contribution in [2.24, 2.45) is 0 Å². The van der Waals surface area contributed by atoms with Gasteiger partial charge in [0.1, 0.15) is 0 Å². The normalized spacial score (nSPS) is 10.8. The lowest BCUT2D eigenvalue weighted by atomic mass is 10.0. The van der Waals surface area contributed by atoms with Crippen molar-refractivity contribution in [1.82, 2.24) is 4.98 Å². The van der Waals surface area contributed by atoms with Crippen molar-refractivity contribution in [2.75, 3.05) is 0 Å². The Labute approximate surface area is 125 Å². The van der Waals surface area contributed by atoms with Gasteiger partial charge >= 0.3 is 0 Å². The van der Waals surface area contributed by atoms with Crippen LogP contribution in [0.4, 0.5) is 0 Å². The summed E-state index contributed by atoms with van der Waals surface area (Å²) < 4.78 is 1.03. The van der Waals surface area contributed by atoms with Gasteiger partial charge in [-0.1, -0.05) is 48.0 Å². The second-order valence-electron chi connectivity index (χ2n) is 4.41. The lowest BCUT2D eigenvalue weighted by Gasteiger charge is -2.07. The minimum Gasteiger partial charge on any atom is -0.259 e. The standard InChI is InChI=1S/C16H11BrClN/c17-15-10-19-16(14-7-2-1-6-13(14)15)9-11-4-3-5-12(18)8-11/h1-8,10H,9H2. The molecular formula is C16H11BrClN. The Balaban J connectivity index is 2.09. The van der Waals surface area contributed by atoms with E-state index < -0.39 is 0 Å². The Morgan fingerprint density at radius 3 is 2.58 bits per heavy atom. The number of rotatable bonds is 2. The largest absolute Gasteiger partial charge is 0.259 e. The monoisotopic (exact) mass is 331 g/mol. The summed E-state index contributed by atoms with van der Waals surface area (Å²) in [6, 6.07) is 16.2. The molecule has 1 aromatic heterocycles. The Hall–Kier alpha value is -1.38. The average Bonchev–Trinajstić information content (AvgIpc) is 2.42. The summed E-state index contributed by atoms with van der Waals surface area (Å²) in [7, 11) is 0. The highest BCUT2D eigenvalue weighted by atomic mass is 79.9. The van der Waals surface area contributed by atoms with Crippen LogP contribution in [0.25, 0.3) is 10.8 Å². The van der Waals surface area contributed by atoms with E-state index in [1.807, 2.05) is 36.5 Å². The van der Waals surface area contributed by atoms with E-state index in [-0.39, 0.29) is 0 Å². The second-order valence-corrected chi connectivity index (χ2v) is 5.70. The van der Waals surface area contributed by atoms with E-state index in [1.165, 1.54) is 16.3 Å². The molecule has 3 rings (SSSR count). The highest BCUT2D eigenvalue weighted by molar-refractivity contribution is 9.10. The predicted molar refractivity (Wildman–Crippen MR) is 83.7 cm³/mol. The van der Waals surface area contributed by atoms with Crippen LogP contribution in [-0.2, 0) is 6.42 Å². The van der Waals surface area contributed by atoms with Crippen LogP contribution in [0.3, 0.4) is 0 Å². The molecule has 0 amide bonds. The van der Waals surface area contributed by atoms with Gasteiger partial charge in [0.2, 0.25) is 0 Å². The van der Waals surface area contributed by atoms with Crippen LogP contribution in [0.1, 0.15) is 11.3 Å². The molecule has 0 fully saturated rings. The molecule has 19 heavy (non-hydrogen) atoms. The number of fused-ring (bicyclic) bond motifs is 1. The van der Waals surface area contributed by atoms with Gasteiger partial charge in [-0.05, 0) is 39.0 Å². The van der Waals surface area contributed by atoms with Gasteiger partial charge in [0.25, 0.3) is 0 Å². The van der Waals surface area contributed by atoms with E-state index in [4.69, 9.17) is 11.6 Å². The maximum atomic E-state index is 6.03. The molecule has 0 aliphatic rings. The number of benzene rings is 2. The van der Waals surface area contributed by atoms with E-state index in [9.17, 15) is 0 Å². The van der Waals surface area contributed by atoms with Crippen molar-refractivity contribution >= 4 is 38.3 Å². The molecule has 3 heteroatoms. The van der Waals surface area contributed by atoms with Crippen molar-refractivity contribution in [3.05, 3.63) is 75.5 Å². The number of hydrogen-bond donors (Lipinski definition) is 0. The van der Waals surface area contributed by atoms with Gasteiger partial charge in [-0.2, -0.15) is 0 Å². The van der Waals surface area contributed by atoms with E-state index >= 15 is 0 Å². The summed E-state index contributed by atoms with van der Waals surface area (Å²) in [6.07, 6.45) is 2.65. The maximum absolute atomic E-state index is 6.03. The fraction of sp³-hybridized carbons (Fsp3) is 0.0625. The van der Waals surface area contributed by atoms with Crippen LogP contribution in [0, 0.1) is 0 Å². The molecule has 0 spiro atoms. The third-order valence-electron chi connectivity index (χ3n) is 3.09. The van der Waals surface area contributed by atoms with Gasteiger partial charge in [-0.15, -0.1) is 0 Å². The molecule has 0 saturated carbocycles. The summed E-state index contributed by atoms with van der Waals surface area (Å²) in [4.78, 5) is 4.54. The number of pyridine rings is 1. The zero-order valence-electron chi connectivity index (χ0n) is 10.1. The molecule has 94 valence electrons. The Morgan fingerprint density at radius 2 is 1.79 bits per heavy atom. The summed E-state index contributed by atoms with van der Waals surface area (Å²) in [5, 5.41) is 3.13. The second kappa shape index (κ2) is 5.32. The third-order valence-corrected chi connectivity index (χ3v) is 3.96. The lowest BCUT2D eigenvalue weighted by molar-refractivity contribution is 1.09. The molecule has 0 radical (unpaired) electrons. The summed E-state index contributed by atoms with van der Waals surface area (Å²) in [5.74, 6) is 0. The molecule has 0 unspecified atom stereocenters. The zero-order chi connectivity index (χ0) is 13.2. The Bertz CT molecular complexity index is 740. The van der Waals surface area contributed by atoms with Crippen molar-refractivity contribution < 1.29 is 0 Å². The van der Waals surface area contributed by atoms with E-state index in [0.29, 0.717) is 0 Å². The first kappa shape index (κ1) is 12.6. The van der Waals surface area contributed by atoms with Gasteiger partial charge in [-0.3, -0.25) is 4.98 Å². The molecule has 0 aliphatic heterocycles. The first-order valence-corrected chi connectivity index (χ1v) is 7.18. The molecule has 3 aromatic rings. The minimum absolute atomic E-state index is 0.763. The van der Waals surface area contributed by atoms with Gasteiger partial charge in [0, 0.05) is 27.5 Å². The van der Waals surface area contributed by atoms with Crippen molar-refractivity contribution in [3.8, 4) is 0 Å². The Kier molecular flexibility index (Phi) is 3.54. The summed E-state index contributed by atoms with van der Waals surface area (Å²) in [5.41, 5.74) is 2.24. The van der Waals surface area contributed by atoms with Crippen molar-refractivity contribution in [2.45, 2.75) is 6.42 Å². The fourth-order valence-electron chi connectivity index (χ4n) is 2.20. The number of nitrogens with zero attached hydrogens (tertiary/aromatic N) is 1. The van der Waals surface area contributed by atoms with Crippen LogP contribution < -0.4 is 0 Å². The first-order chi connectivity index (χ1) is 9.24. The van der Waals surface area contributed by atoms with Crippen LogP contribution in [-0.4, -0.2) is 4.98 Å². The first-order valence-electron chi connectivity index (χ1n) is 6.00. The van der Waals surface area contributed by atoms with Crippen LogP contribution >= 0.6 is 27.5 Å². The molecule has 1 nitrogen and oxygen atoms in total. The number of hydrogen-bond acceptors (Lipinski definition) is 1. The summed E-state index contributed by atoms with van der Waals surface area (Å²) >= 11 is 9.57. The smallest absolute Gasteiger partial charge is 0.0526 e. The molecule has 2 aromatic carbocycles. The van der Waals surface area contributed by atoms with Gasteiger partial charge in [-0.25, -0.2) is 0 Å². The number of halogens is 2. The van der Waals surface area contributed by atoms with E-state index in [0.717, 1.165) is 21.6 Å². The van der Waals surface area contributed by atoms with Crippen LogP contribution in [0.15, 0.2) is 59.2 Å².